The Morgan fingerprint density at radius 3 is 2.69 bits per heavy atom. The molecule has 3 aromatic heterocycles. The lowest BCUT2D eigenvalue weighted by atomic mass is 9.96. The van der Waals surface area contributed by atoms with Crippen LogP contribution >= 0.6 is 0 Å². The van der Waals surface area contributed by atoms with Crippen molar-refractivity contribution in [3.8, 4) is 5.88 Å². The van der Waals surface area contributed by atoms with Crippen molar-refractivity contribution in [2.75, 3.05) is 5.32 Å². The third-order valence-electron chi connectivity index (χ3n) is 4.46. The number of amides is 1. The molecular weight excluding hydrogens is 374 g/mol. The molecule has 0 bridgehead atoms. The van der Waals surface area contributed by atoms with Crippen LogP contribution in [0.5, 0.6) is 5.88 Å². The van der Waals surface area contributed by atoms with E-state index in [1.54, 1.807) is 22.9 Å². The normalized spacial score (nSPS) is 14.2. The topological polar surface area (TPSA) is 126 Å². The minimum Gasteiger partial charge on any atom is -0.494 e. The Kier molecular flexibility index (Phi) is 4.48. The number of hydrogen-bond acceptors (Lipinski definition) is 7. The Morgan fingerprint density at radius 1 is 1.31 bits per heavy atom. The van der Waals surface area contributed by atoms with Gasteiger partial charge in [0.15, 0.2) is 11.4 Å². The second kappa shape index (κ2) is 6.87. The molecule has 3 aromatic rings. The predicted molar refractivity (Wildman–Crippen MR) is 106 cm³/mol. The monoisotopic (exact) mass is 397 g/mol. The third-order valence-corrected chi connectivity index (χ3v) is 4.46. The largest absolute Gasteiger partial charge is 0.494 e. The summed E-state index contributed by atoms with van der Waals surface area (Å²) < 4.78 is 2.68. The second-order valence-electron chi connectivity index (χ2n) is 8.42. The van der Waals surface area contributed by atoms with Crippen molar-refractivity contribution >= 4 is 23.2 Å². The van der Waals surface area contributed by atoms with Gasteiger partial charge in [0.25, 0.3) is 11.5 Å². The van der Waals surface area contributed by atoms with Crippen LogP contribution in [0.25, 0.3) is 5.65 Å². The molecule has 1 aliphatic rings. The molecule has 0 radical (unpaired) electrons. The highest BCUT2D eigenvalue weighted by molar-refractivity contribution is 5.96. The molecular formula is C19H23N7O3. The van der Waals surface area contributed by atoms with Crippen molar-refractivity contribution in [2.24, 2.45) is 5.41 Å². The molecule has 0 spiro atoms. The summed E-state index contributed by atoms with van der Waals surface area (Å²) >= 11 is 0. The smallest absolute Gasteiger partial charge is 0.291 e. The number of carbonyl (C=O) groups excluding carboxylic acids is 1. The van der Waals surface area contributed by atoms with Gasteiger partial charge in [-0.25, -0.2) is 9.97 Å². The average Bonchev–Trinajstić information content (AvgIpc) is 3.35. The van der Waals surface area contributed by atoms with Crippen LogP contribution in [0.3, 0.4) is 0 Å². The SMILES string of the molecule is CC(C)(C)Cn1c(O)c(C(=O)NC2CC2)c(=O)n2nc(Nc3ccncn3)cc12. The lowest BCUT2D eigenvalue weighted by Gasteiger charge is -2.23. The summed E-state index contributed by atoms with van der Waals surface area (Å²) in [6, 6.07) is 3.36. The van der Waals surface area contributed by atoms with Crippen molar-refractivity contribution in [1.82, 2.24) is 29.5 Å². The standard InChI is InChI=1S/C19H23N7O3/c1-19(2,3)9-25-14-8-13(23-12-6-7-20-10-21-12)24-26(14)18(29)15(17(25)28)16(27)22-11-4-5-11/h6-8,10-11,28H,4-5,9H2,1-3H3,(H,22,27)(H,20,21,23,24). The van der Waals surface area contributed by atoms with Gasteiger partial charge in [0, 0.05) is 24.8 Å². The fraction of sp³-hybridized carbons (Fsp3) is 0.421. The Balaban J connectivity index is 1.85. The molecule has 0 unspecified atom stereocenters. The molecule has 1 amide bonds. The molecule has 0 atom stereocenters. The number of nitrogens with zero attached hydrogens (tertiary/aromatic N) is 5. The summed E-state index contributed by atoms with van der Waals surface area (Å²) in [6.45, 7) is 6.38. The van der Waals surface area contributed by atoms with Crippen LogP contribution in [-0.4, -0.2) is 41.2 Å². The number of rotatable bonds is 5. The highest BCUT2D eigenvalue weighted by Crippen LogP contribution is 2.27. The van der Waals surface area contributed by atoms with Gasteiger partial charge >= 0.3 is 0 Å². The lowest BCUT2D eigenvalue weighted by Crippen LogP contribution is -2.35. The first-order chi connectivity index (χ1) is 13.7. The maximum atomic E-state index is 13.0. The summed E-state index contributed by atoms with van der Waals surface area (Å²) in [5.74, 6) is -0.0683. The molecule has 0 aromatic carbocycles. The van der Waals surface area contributed by atoms with Gasteiger partial charge in [-0.3, -0.25) is 14.2 Å². The Morgan fingerprint density at radius 2 is 2.07 bits per heavy atom. The van der Waals surface area contributed by atoms with Crippen molar-refractivity contribution in [3.05, 3.63) is 40.6 Å². The molecule has 10 nitrogen and oxygen atoms in total. The molecule has 4 rings (SSSR count). The molecule has 1 saturated carbocycles. The van der Waals surface area contributed by atoms with Crippen LogP contribution in [0, 0.1) is 5.41 Å². The van der Waals surface area contributed by atoms with E-state index in [0.29, 0.717) is 23.8 Å². The summed E-state index contributed by atoms with van der Waals surface area (Å²) in [5.41, 5.74) is -0.814. The predicted octanol–water partition coefficient (Wildman–Crippen LogP) is 1.67. The zero-order valence-electron chi connectivity index (χ0n) is 16.5. The van der Waals surface area contributed by atoms with Gasteiger partial charge in [0.05, 0.1) is 0 Å². The number of nitrogens with one attached hydrogen (secondary N) is 2. The van der Waals surface area contributed by atoms with Gasteiger partial charge in [-0.1, -0.05) is 20.8 Å². The lowest BCUT2D eigenvalue weighted by molar-refractivity contribution is 0.0944. The fourth-order valence-corrected chi connectivity index (χ4v) is 3.03. The van der Waals surface area contributed by atoms with Gasteiger partial charge in [0.1, 0.15) is 17.8 Å². The highest BCUT2D eigenvalue weighted by Gasteiger charge is 2.30. The van der Waals surface area contributed by atoms with Gasteiger partial charge in [0.2, 0.25) is 5.88 Å². The van der Waals surface area contributed by atoms with Gasteiger partial charge in [-0.05, 0) is 24.3 Å². The van der Waals surface area contributed by atoms with Crippen LogP contribution in [0.2, 0.25) is 0 Å². The molecule has 29 heavy (non-hydrogen) atoms. The summed E-state index contributed by atoms with van der Waals surface area (Å²) in [4.78, 5) is 33.6. The molecule has 3 N–H and O–H groups in total. The molecule has 1 aliphatic carbocycles. The molecule has 1 fully saturated rings. The second-order valence-corrected chi connectivity index (χ2v) is 8.42. The third kappa shape index (κ3) is 3.91. The molecule has 10 heteroatoms. The van der Waals surface area contributed by atoms with E-state index >= 15 is 0 Å². The summed E-state index contributed by atoms with van der Waals surface area (Å²) in [5, 5.41) is 20.9. The van der Waals surface area contributed by atoms with Crippen LogP contribution < -0.4 is 16.2 Å². The number of hydrogen-bond donors (Lipinski definition) is 3. The van der Waals surface area contributed by atoms with Crippen molar-refractivity contribution < 1.29 is 9.90 Å². The van der Waals surface area contributed by atoms with E-state index in [-0.39, 0.29) is 22.9 Å². The number of aromatic hydroxyl groups is 1. The van der Waals surface area contributed by atoms with Gasteiger partial charge in [-0.2, -0.15) is 4.52 Å². The van der Waals surface area contributed by atoms with E-state index in [1.165, 1.54) is 6.33 Å². The summed E-state index contributed by atoms with van der Waals surface area (Å²) in [6.07, 6.45) is 4.72. The first-order valence-electron chi connectivity index (χ1n) is 9.42. The van der Waals surface area contributed by atoms with Gasteiger partial charge in [-0.15, -0.1) is 5.10 Å². The first-order valence-corrected chi connectivity index (χ1v) is 9.42. The van der Waals surface area contributed by atoms with E-state index < -0.39 is 11.5 Å². The first kappa shape index (κ1) is 18.9. The average molecular weight is 397 g/mol. The van der Waals surface area contributed by atoms with E-state index in [0.717, 1.165) is 17.4 Å². The van der Waals surface area contributed by atoms with E-state index in [2.05, 4.69) is 25.7 Å². The van der Waals surface area contributed by atoms with Crippen LogP contribution in [0.1, 0.15) is 44.0 Å². The molecule has 0 saturated heterocycles. The Bertz CT molecular complexity index is 1120. The Hall–Kier alpha value is -3.43. The molecule has 0 aliphatic heterocycles. The van der Waals surface area contributed by atoms with Crippen molar-refractivity contribution in [1.29, 1.82) is 0 Å². The van der Waals surface area contributed by atoms with Crippen molar-refractivity contribution in [2.45, 2.75) is 46.2 Å². The van der Waals surface area contributed by atoms with E-state index in [1.807, 2.05) is 20.8 Å². The number of anilines is 2. The Labute approximate surface area is 166 Å². The number of fused-ring (bicyclic) bond motifs is 1. The van der Waals surface area contributed by atoms with E-state index in [4.69, 9.17) is 0 Å². The zero-order chi connectivity index (χ0) is 20.8. The summed E-state index contributed by atoms with van der Waals surface area (Å²) in [7, 11) is 0. The highest BCUT2D eigenvalue weighted by atomic mass is 16.3. The van der Waals surface area contributed by atoms with Crippen molar-refractivity contribution in [3.63, 3.8) is 0 Å². The zero-order valence-corrected chi connectivity index (χ0v) is 16.5. The maximum Gasteiger partial charge on any atom is 0.291 e. The minimum atomic E-state index is -0.670. The van der Waals surface area contributed by atoms with Gasteiger partial charge < -0.3 is 15.7 Å². The maximum absolute atomic E-state index is 13.0. The number of carbonyl (C=O) groups is 1. The van der Waals surface area contributed by atoms with Crippen LogP contribution in [-0.2, 0) is 6.54 Å². The van der Waals surface area contributed by atoms with Crippen LogP contribution in [0.15, 0.2) is 29.5 Å². The molecule has 3 heterocycles. The minimum absolute atomic E-state index is 0.0562. The van der Waals surface area contributed by atoms with E-state index in [9.17, 15) is 14.7 Å². The number of aromatic nitrogens is 5. The quantitative estimate of drug-likeness (QED) is 0.598. The molecule has 152 valence electrons. The van der Waals surface area contributed by atoms with Crippen LogP contribution in [0.4, 0.5) is 11.6 Å². The fourth-order valence-electron chi connectivity index (χ4n) is 3.03.